The normalized spacial score (nSPS) is 25.9. The van der Waals surface area contributed by atoms with E-state index in [0.29, 0.717) is 0 Å². The van der Waals surface area contributed by atoms with E-state index in [1.165, 1.54) is 0 Å². The van der Waals surface area contributed by atoms with Crippen molar-refractivity contribution in [3.05, 3.63) is 29.8 Å². The van der Waals surface area contributed by atoms with Crippen molar-refractivity contribution in [3.8, 4) is 5.75 Å². The fraction of sp³-hybridized carbons (Fsp3) is 0.467. The molecular weight excluding hydrogens is 258 g/mol. The number of nitrogens with zero attached hydrogens (tertiary/aromatic N) is 1. The van der Waals surface area contributed by atoms with Crippen LogP contribution in [0.2, 0.25) is 0 Å². The van der Waals surface area contributed by atoms with Gasteiger partial charge in [-0.3, -0.25) is 9.59 Å². The minimum Gasteiger partial charge on any atom is -0.497 e. The van der Waals surface area contributed by atoms with Crippen molar-refractivity contribution in [1.82, 2.24) is 4.90 Å². The van der Waals surface area contributed by atoms with Crippen LogP contribution in [0.25, 0.3) is 0 Å². The summed E-state index contributed by atoms with van der Waals surface area (Å²) in [5.74, 6) is -0.873. The Morgan fingerprint density at radius 2 is 1.95 bits per heavy atom. The molecule has 5 nitrogen and oxygen atoms in total. The molecule has 2 atom stereocenters. The summed E-state index contributed by atoms with van der Waals surface area (Å²) in [6.45, 7) is 0. The highest BCUT2D eigenvalue weighted by Crippen LogP contribution is 2.45. The van der Waals surface area contributed by atoms with Gasteiger partial charge in [-0.15, -0.1) is 0 Å². The number of carbonyl (C=O) groups is 2. The summed E-state index contributed by atoms with van der Waals surface area (Å²) in [5.41, 5.74) is 0.871. The lowest BCUT2D eigenvalue weighted by Gasteiger charge is -2.27. The fourth-order valence-electron chi connectivity index (χ4n) is 2.95. The van der Waals surface area contributed by atoms with Crippen LogP contribution in [0.4, 0.5) is 0 Å². The lowest BCUT2D eigenvalue weighted by Crippen LogP contribution is -2.32. The molecule has 2 unspecified atom stereocenters. The molecule has 1 aromatic carbocycles. The van der Waals surface area contributed by atoms with Gasteiger partial charge in [-0.2, -0.15) is 0 Å². The summed E-state index contributed by atoms with van der Waals surface area (Å²) in [6.07, 6.45) is 2.05. The smallest absolute Gasteiger partial charge is 0.309 e. The number of ether oxygens (including phenoxy) is 1. The molecule has 1 amide bonds. The zero-order valence-electron chi connectivity index (χ0n) is 11.3. The second-order valence-corrected chi connectivity index (χ2v) is 5.40. The van der Waals surface area contributed by atoms with Crippen molar-refractivity contribution in [2.24, 2.45) is 5.92 Å². The molecule has 1 heterocycles. The largest absolute Gasteiger partial charge is 0.497 e. The molecule has 1 aliphatic carbocycles. The summed E-state index contributed by atoms with van der Waals surface area (Å²) in [4.78, 5) is 25.3. The monoisotopic (exact) mass is 275 g/mol. The van der Waals surface area contributed by atoms with Gasteiger partial charge in [-0.1, -0.05) is 12.1 Å². The van der Waals surface area contributed by atoms with Crippen LogP contribution in [-0.4, -0.2) is 35.0 Å². The van der Waals surface area contributed by atoms with Crippen LogP contribution in [0.1, 0.15) is 30.9 Å². The van der Waals surface area contributed by atoms with Crippen molar-refractivity contribution in [2.45, 2.75) is 31.3 Å². The summed E-state index contributed by atoms with van der Waals surface area (Å²) in [6, 6.07) is 7.20. The first-order valence-corrected chi connectivity index (χ1v) is 6.79. The number of hydrogen-bond donors (Lipinski definition) is 1. The Morgan fingerprint density at radius 1 is 1.30 bits per heavy atom. The summed E-state index contributed by atoms with van der Waals surface area (Å²) >= 11 is 0. The molecule has 20 heavy (non-hydrogen) atoms. The number of likely N-dealkylation sites (tertiary alicyclic amines) is 1. The van der Waals surface area contributed by atoms with E-state index in [1.807, 2.05) is 24.3 Å². The minimum atomic E-state index is -0.901. The number of hydrogen-bond acceptors (Lipinski definition) is 3. The van der Waals surface area contributed by atoms with Crippen LogP contribution in [0.15, 0.2) is 24.3 Å². The maximum absolute atomic E-state index is 12.1. The van der Waals surface area contributed by atoms with Crippen molar-refractivity contribution in [2.75, 3.05) is 7.11 Å². The maximum atomic E-state index is 12.1. The number of benzene rings is 1. The third-order valence-electron chi connectivity index (χ3n) is 4.08. The van der Waals surface area contributed by atoms with Gasteiger partial charge >= 0.3 is 5.97 Å². The van der Waals surface area contributed by atoms with Gasteiger partial charge in [0.05, 0.1) is 19.1 Å². The molecule has 0 radical (unpaired) electrons. The van der Waals surface area contributed by atoms with Gasteiger partial charge in [-0.25, -0.2) is 0 Å². The number of aliphatic carboxylic acids is 1. The van der Waals surface area contributed by atoms with E-state index < -0.39 is 11.9 Å². The molecule has 0 spiro atoms. The predicted octanol–water partition coefficient (Wildman–Crippen LogP) is 1.83. The third kappa shape index (κ3) is 2.13. The molecule has 1 aliphatic heterocycles. The molecular formula is C15H17NO4. The Bertz CT molecular complexity index is 535. The number of carboxylic acids is 1. The predicted molar refractivity (Wildman–Crippen MR) is 71.3 cm³/mol. The van der Waals surface area contributed by atoms with E-state index in [9.17, 15) is 14.7 Å². The number of carbonyl (C=O) groups excluding carboxylic acids is 1. The summed E-state index contributed by atoms with van der Waals surface area (Å²) in [5, 5.41) is 9.38. The molecule has 106 valence electrons. The van der Waals surface area contributed by atoms with Crippen molar-refractivity contribution < 1.29 is 19.4 Å². The number of carboxylic acid groups (broad SMARTS) is 1. The molecule has 0 bridgehead atoms. The highest BCUT2D eigenvalue weighted by Gasteiger charge is 2.49. The lowest BCUT2D eigenvalue weighted by atomic mass is 9.93. The van der Waals surface area contributed by atoms with Crippen LogP contribution in [0.3, 0.4) is 0 Å². The first kappa shape index (κ1) is 13.0. The fourth-order valence-corrected chi connectivity index (χ4v) is 2.95. The minimum absolute atomic E-state index is 0.0410. The van der Waals surface area contributed by atoms with Crippen LogP contribution in [0, 0.1) is 5.92 Å². The molecule has 2 aliphatic rings. The molecule has 1 saturated heterocycles. The quantitative estimate of drug-likeness (QED) is 0.910. The maximum Gasteiger partial charge on any atom is 0.309 e. The molecule has 1 saturated carbocycles. The van der Waals surface area contributed by atoms with Crippen molar-refractivity contribution >= 4 is 11.9 Å². The number of amides is 1. The van der Waals surface area contributed by atoms with E-state index in [4.69, 9.17) is 4.74 Å². The van der Waals surface area contributed by atoms with E-state index >= 15 is 0 Å². The van der Waals surface area contributed by atoms with E-state index in [1.54, 1.807) is 12.0 Å². The second-order valence-electron chi connectivity index (χ2n) is 5.40. The first-order valence-electron chi connectivity index (χ1n) is 6.79. The molecule has 0 aromatic heterocycles. The Labute approximate surface area is 117 Å². The van der Waals surface area contributed by atoms with Crippen molar-refractivity contribution in [3.63, 3.8) is 0 Å². The Morgan fingerprint density at radius 3 is 2.45 bits per heavy atom. The highest BCUT2D eigenvalue weighted by molar-refractivity contribution is 5.87. The average Bonchev–Trinajstić information content (AvgIpc) is 3.22. The van der Waals surface area contributed by atoms with Crippen LogP contribution < -0.4 is 4.74 Å². The van der Waals surface area contributed by atoms with Gasteiger partial charge in [-0.05, 0) is 30.5 Å². The zero-order chi connectivity index (χ0) is 14.3. The van der Waals surface area contributed by atoms with Crippen LogP contribution >= 0.6 is 0 Å². The molecule has 3 rings (SSSR count). The molecule has 2 fully saturated rings. The Hall–Kier alpha value is -2.04. The van der Waals surface area contributed by atoms with Gasteiger partial charge in [0.1, 0.15) is 5.75 Å². The van der Waals surface area contributed by atoms with Gasteiger partial charge in [0.25, 0.3) is 0 Å². The molecule has 1 N–H and O–H groups in total. The SMILES string of the molecule is COc1ccc(C2C(C(=O)O)CC(=O)N2C2CC2)cc1. The second kappa shape index (κ2) is 4.81. The average molecular weight is 275 g/mol. The van der Waals surface area contributed by atoms with Gasteiger partial charge < -0.3 is 14.7 Å². The standard InChI is InChI=1S/C15H17NO4/c1-20-11-6-2-9(3-7-11)14-12(15(18)19)8-13(17)16(14)10-4-5-10/h2-3,6-7,10,12,14H,4-5,8H2,1H3,(H,18,19). The molecule has 5 heteroatoms. The third-order valence-corrected chi connectivity index (χ3v) is 4.08. The highest BCUT2D eigenvalue weighted by atomic mass is 16.5. The lowest BCUT2D eigenvalue weighted by molar-refractivity contribution is -0.142. The Balaban J connectivity index is 1.95. The summed E-state index contributed by atoms with van der Waals surface area (Å²) in [7, 11) is 1.59. The van der Waals surface area contributed by atoms with Gasteiger partial charge in [0.15, 0.2) is 0 Å². The zero-order valence-corrected chi connectivity index (χ0v) is 11.3. The van der Waals surface area contributed by atoms with E-state index in [2.05, 4.69) is 0 Å². The van der Waals surface area contributed by atoms with Crippen LogP contribution in [0.5, 0.6) is 5.75 Å². The first-order chi connectivity index (χ1) is 9.61. The van der Waals surface area contributed by atoms with E-state index in [0.717, 1.165) is 24.2 Å². The van der Waals surface area contributed by atoms with Gasteiger partial charge in [0, 0.05) is 12.5 Å². The molecule has 1 aromatic rings. The number of rotatable bonds is 4. The summed E-state index contributed by atoms with van der Waals surface area (Å²) < 4.78 is 5.12. The van der Waals surface area contributed by atoms with Crippen LogP contribution in [-0.2, 0) is 9.59 Å². The van der Waals surface area contributed by atoms with E-state index in [-0.39, 0.29) is 24.4 Å². The van der Waals surface area contributed by atoms with Crippen molar-refractivity contribution in [1.29, 1.82) is 0 Å². The topological polar surface area (TPSA) is 66.8 Å². The van der Waals surface area contributed by atoms with Gasteiger partial charge in [0.2, 0.25) is 5.91 Å². The Kier molecular flexibility index (Phi) is 3.12. The number of methoxy groups -OCH3 is 1.